The lowest BCUT2D eigenvalue weighted by Crippen LogP contribution is -2.55. The van der Waals surface area contributed by atoms with E-state index in [0.717, 1.165) is 32.8 Å². The molecule has 1 unspecified atom stereocenters. The summed E-state index contributed by atoms with van der Waals surface area (Å²) in [6, 6.07) is 12.4. The van der Waals surface area contributed by atoms with Crippen LogP contribution in [-0.4, -0.2) is 49.5 Å². The molecule has 2 aromatic rings. The van der Waals surface area contributed by atoms with E-state index in [0.29, 0.717) is 12.1 Å². The summed E-state index contributed by atoms with van der Waals surface area (Å²) in [7, 11) is -3.76. The molecule has 0 heterocycles. The number of hydrogen-bond donors (Lipinski definition) is 1. The molecule has 0 radical (unpaired) electrons. The van der Waals surface area contributed by atoms with Crippen molar-refractivity contribution >= 4 is 27.5 Å². The highest BCUT2D eigenvalue weighted by molar-refractivity contribution is 7.92. The van der Waals surface area contributed by atoms with E-state index < -0.39 is 34.1 Å². The molecular formula is C27H39N3O4S. The van der Waals surface area contributed by atoms with Gasteiger partial charge in [-0.25, -0.2) is 8.42 Å². The molecule has 35 heavy (non-hydrogen) atoms. The predicted octanol–water partition coefficient (Wildman–Crippen LogP) is 4.10. The highest BCUT2D eigenvalue weighted by atomic mass is 32.2. The van der Waals surface area contributed by atoms with Crippen molar-refractivity contribution < 1.29 is 18.0 Å². The van der Waals surface area contributed by atoms with Crippen LogP contribution in [0.4, 0.5) is 5.69 Å². The molecule has 1 N–H and O–H groups in total. The highest BCUT2D eigenvalue weighted by Crippen LogP contribution is 2.23. The van der Waals surface area contributed by atoms with Gasteiger partial charge < -0.3 is 10.2 Å². The lowest BCUT2D eigenvalue weighted by Gasteiger charge is -2.34. The zero-order chi connectivity index (χ0) is 26.6. The van der Waals surface area contributed by atoms with Gasteiger partial charge in [0.15, 0.2) is 0 Å². The van der Waals surface area contributed by atoms with E-state index in [9.17, 15) is 18.0 Å². The minimum Gasteiger partial charge on any atom is -0.350 e. The summed E-state index contributed by atoms with van der Waals surface area (Å²) < 4.78 is 26.6. The second-order valence-corrected chi connectivity index (χ2v) is 12.2. The zero-order valence-corrected chi connectivity index (χ0v) is 23.0. The summed E-state index contributed by atoms with van der Waals surface area (Å²) in [4.78, 5) is 28.4. The maximum Gasteiger partial charge on any atom is 0.244 e. The molecule has 0 fully saturated rings. The van der Waals surface area contributed by atoms with Crippen LogP contribution in [0.5, 0.6) is 0 Å². The number of rotatable bonds is 9. The first-order valence-electron chi connectivity index (χ1n) is 11.8. The summed E-state index contributed by atoms with van der Waals surface area (Å²) >= 11 is 0. The molecule has 0 aliphatic heterocycles. The van der Waals surface area contributed by atoms with Crippen molar-refractivity contribution in [3.05, 3.63) is 64.7 Å². The Hall–Kier alpha value is -2.87. The fourth-order valence-electron chi connectivity index (χ4n) is 4.09. The van der Waals surface area contributed by atoms with Crippen LogP contribution in [0.1, 0.15) is 56.4 Å². The molecule has 0 spiro atoms. The number of sulfonamides is 1. The molecule has 0 bridgehead atoms. The van der Waals surface area contributed by atoms with Crippen molar-refractivity contribution in [2.75, 3.05) is 17.1 Å². The van der Waals surface area contributed by atoms with E-state index in [2.05, 4.69) is 5.32 Å². The second-order valence-electron chi connectivity index (χ2n) is 10.3. The van der Waals surface area contributed by atoms with E-state index in [-0.39, 0.29) is 12.5 Å². The molecule has 192 valence electrons. The monoisotopic (exact) mass is 501 g/mol. The van der Waals surface area contributed by atoms with Gasteiger partial charge in [-0.3, -0.25) is 13.9 Å². The Balaban J connectivity index is 2.49. The Kier molecular flexibility index (Phi) is 9.11. The van der Waals surface area contributed by atoms with Crippen molar-refractivity contribution in [3.63, 3.8) is 0 Å². The third-order valence-electron chi connectivity index (χ3n) is 5.49. The van der Waals surface area contributed by atoms with E-state index in [1.807, 2.05) is 78.8 Å². The molecule has 0 saturated carbocycles. The Morgan fingerprint density at radius 3 is 2.06 bits per heavy atom. The first kappa shape index (κ1) is 28.4. The largest absolute Gasteiger partial charge is 0.350 e. The summed E-state index contributed by atoms with van der Waals surface area (Å²) in [5, 5.41) is 2.97. The second kappa shape index (κ2) is 11.2. The molecule has 1 atom stereocenters. The molecule has 0 aliphatic rings. The molecular weight excluding hydrogens is 462 g/mol. The number of amides is 2. The quantitative estimate of drug-likeness (QED) is 0.560. The predicted molar refractivity (Wildman–Crippen MR) is 142 cm³/mol. The molecule has 0 aliphatic carbocycles. The third-order valence-corrected chi connectivity index (χ3v) is 6.63. The van der Waals surface area contributed by atoms with Gasteiger partial charge in [0.2, 0.25) is 21.8 Å². The van der Waals surface area contributed by atoms with Crippen LogP contribution in [0.2, 0.25) is 0 Å². The number of anilines is 1. The number of carbonyl (C=O) groups is 2. The standard InChI is InChI=1S/C27H39N3O4S/c1-9-24(26(32)28-27(5,6)7)29(17-22-12-10-11-19(2)14-22)25(31)18-30(35(8,33)34)23-15-20(3)13-21(4)16-23/h10-16,24H,9,17-18H2,1-8H3,(H,28,32). The lowest BCUT2D eigenvalue weighted by atomic mass is 10.0. The number of hydrogen-bond acceptors (Lipinski definition) is 4. The fraction of sp³-hybridized carbons (Fsp3) is 0.481. The van der Waals surface area contributed by atoms with Crippen LogP contribution in [-0.2, 0) is 26.2 Å². The van der Waals surface area contributed by atoms with Gasteiger partial charge >= 0.3 is 0 Å². The van der Waals surface area contributed by atoms with Crippen molar-refractivity contribution in [2.45, 2.75) is 73.0 Å². The highest BCUT2D eigenvalue weighted by Gasteiger charge is 2.33. The van der Waals surface area contributed by atoms with Crippen LogP contribution in [0.3, 0.4) is 0 Å². The van der Waals surface area contributed by atoms with Gasteiger partial charge in [0, 0.05) is 12.1 Å². The number of aryl methyl sites for hydroxylation is 3. The summed E-state index contributed by atoms with van der Waals surface area (Å²) in [5.41, 5.74) is 3.66. The summed E-state index contributed by atoms with van der Waals surface area (Å²) in [6.45, 7) is 13.0. The van der Waals surface area contributed by atoms with Gasteiger partial charge in [-0.05, 0) is 76.8 Å². The zero-order valence-electron chi connectivity index (χ0n) is 22.2. The van der Waals surface area contributed by atoms with E-state index in [1.54, 1.807) is 12.1 Å². The van der Waals surface area contributed by atoms with Gasteiger partial charge in [-0.2, -0.15) is 0 Å². The average molecular weight is 502 g/mol. The van der Waals surface area contributed by atoms with Crippen LogP contribution < -0.4 is 9.62 Å². The van der Waals surface area contributed by atoms with Crippen LogP contribution in [0.25, 0.3) is 0 Å². The first-order valence-corrected chi connectivity index (χ1v) is 13.7. The van der Waals surface area contributed by atoms with Crippen LogP contribution >= 0.6 is 0 Å². The smallest absolute Gasteiger partial charge is 0.244 e. The molecule has 2 rings (SSSR count). The number of benzene rings is 2. The Labute approximate surface area is 210 Å². The minimum atomic E-state index is -3.76. The summed E-state index contributed by atoms with van der Waals surface area (Å²) in [6.07, 6.45) is 1.48. The average Bonchev–Trinajstić information content (AvgIpc) is 2.68. The number of nitrogens with one attached hydrogen (secondary N) is 1. The lowest BCUT2D eigenvalue weighted by molar-refractivity contribution is -0.141. The van der Waals surface area contributed by atoms with Gasteiger partial charge in [0.05, 0.1) is 11.9 Å². The molecule has 7 nitrogen and oxygen atoms in total. The van der Waals surface area contributed by atoms with Crippen molar-refractivity contribution in [3.8, 4) is 0 Å². The van der Waals surface area contributed by atoms with E-state index >= 15 is 0 Å². The van der Waals surface area contributed by atoms with Crippen molar-refractivity contribution in [1.29, 1.82) is 0 Å². The first-order chi connectivity index (χ1) is 16.1. The number of nitrogens with zero attached hydrogens (tertiary/aromatic N) is 2. The normalized spacial score (nSPS) is 12.7. The topological polar surface area (TPSA) is 86.8 Å². The Morgan fingerprint density at radius 1 is 0.971 bits per heavy atom. The van der Waals surface area contributed by atoms with Gasteiger partial charge in [0.25, 0.3) is 0 Å². The molecule has 2 aromatic carbocycles. The fourth-order valence-corrected chi connectivity index (χ4v) is 4.92. The Bertz CT molecular complexity index is 1150. The maximum atomic E-state index is 13.7. The van der Waals surface area contributed by atoms with Crippen LogP contribution in [0.15, 0.2) is 42.5 Å². The third kappa shape index (κ3) is 8.38. The van der Waals surface area contributed by atoms with E-state index in [1.165, 1.54) is 4.90 Å². The SMILES string of the molecule is CCC(C(=O)NC(C)(C)C)N(Cc1cccc(C)c1)C(=O)CN(c1cc(C)cc(C)c1)S(C)(=O)=O. The van der Waals surface area contributed by atoms with Gasteiger partial charge in [0.1, 0.15) is 12.6 Å². The van der Waals surface area contributed by atoms with Gasteiger partial charge in [-0.1, -0.05) is 42.8 Å². The van der Waals surface area contributed by atoms with Crippen LogP contribution in [0, 0.1) is 20.8 Å². The van der Waals surface area contributed by atoms with Crippen molar-refractivity contribution in [1.82, 2.24) is 10.2 Å². The Morgan fingerprint density at radius 2 is 1.57 bits per heavy atom. The molecule has 0 aromatic heterocycles. The van der Waals surface area contributed by atoms with Gasteiger partial charge in [-0.15, -0.1) is 0 Å². The molecule has 8 heteroatoms. The molecule has 2 amide bonds. The minimum absolute atomic E-state index is 0.195. The maximum absolute atomic E-state index is 13.7. The van der Waals surface area contributed by atoms with Crippen molar-refractivity contribution in [2.24, 2.45) is 0 Å². The summed E-state index contributed by atoms with van der Waals surface area (Å²) in [5.74, 6) is -0.703. The number of carbonyl (C=O) groups excluding carboxylic acids is 2. The van der Waals surface area contributed by atoms with E-state index in [4.69, 9.17) is 0 Å². The molecule has 0 saturated heterocycles.